The lowest BCUT2D eigenvalue weighted by atomic mass is 9.82. The minimum absolute atomic E-state index is 0.0885. The Kier molecular flexibility index (Phi) is 4.37. The van der Waals surface area contributed by atoms with Gasteiger partial charge in [-0.2, -0.15) is 0 Å². The first-order valence-electron chi connectivity index (χ1n) is 9.37. The summed E-state index contributed by atoms with van der Waals surface area (Å²) in [6.45, 7) is 6.33. The molecule has 26 heavy (non-hydrogen) atoms. The Morgan fingerprint density at radius 3 is 2.42 bits per heavy atom. The van der Waals surface area contributed by atoms with Crippen molar-refractivity contribution in [3.05, 3.63) is 71.8 Å². The van der Waals surface area contributed by atoms with E-state index in [9.17, 15) is 4.79 Å². The number of anilines is 2. The van der Waals surface area contributed by atoms with E-state index in [1.807, 2.05) is 6.07 Å². The molecule has 1 atom stereocenters. The fourth-order valence-corrected chi connectivity index (χ4v) is 4.06. The Hall–Kier alpha value is -2.81. The van der Waals surface area contributed by atoms with Crippen molar-refractivity contribution in [2.45, 2.75) is 26.2 Å². The molecule has 1 heterocycles. The summed E-state index contributed by atoms with van der Waals surface area (Å²) in [4.78, 5) is 14.6. The van der Waals surface area contributed by atoms with Gasteiger partial charge in [-0.1, -0.05) is 42.5 Å². The van der Waals surface area contributed by atoms with Crippen LogP contribution in [0.25, 0.3) is 10.8 Å². The third-order valence-electron chi connectivity index (χ3n) is 5.41. The van der Waals surface area contributed by atoms with Crippen LogP contribution in [0.15, 0.2) is 60.7 Å². The molecule has 1 N–H and O–H groups in total. The first-order valence-corrected chi connectivity index (χ1v) is 9.37. The maximum atomic E-state index is 12.3. The molecule has 0 aliphatic carbocycles. The second kappa shape index (κ2) is 6.83. The third kappa shape index (κ3) is 2.84. The number of rotatable bonds is 4. The minimum Gasteiger partial charge on any atom is -0.372 e. The average molecular weight is 344 g/mol. The summed E-state index contributed by atoms with van der Waals surface area (Å²) in [5.41, 5.74) is 4.61. The van der Waals surface area contributed by atoms with Gasteiger partial charge in [-0.05, 0) is 53.9 Å². The average Bonchev–Trinajstić information content (AvgIpc) is 2.68. The second-order valence-corrected chi connectivity index (χ2v) is 6.82. The Bertz CT molecular complexity index is 942. The van der Waals surface area contributed by atoms with E-state index in [2.05, 4.69) is 78.7 Å². The van der Waals surface area contributed by atoms with Crippen LogP contribution in [0.3, 0.4) is 0 Å². The van der Waals surface area contributed by atoms with E-state index in [4.69, 9.17) is 0 Å². The molecule has 1 aliphatic rings. The van der Waals surface area contributed by atoms with Crippen LogP contribution in [0.4, 0.5) is 11.4 Å². The highest BCUT2D eigenvalue weighted by Gasteiger charge is 2.28. The number of fused-ring (bicyclic) bond motifs is 3. The van der Waals surface area contributed by atoms with Gasteiger partial charge in [-0.15, -0.1) is 0 Å². The van der Waals surface area contributed by atoms with Crippen molar-refractivity contribution in [3.63, 3.8) is 0 Å². The topological polar surface area (TPSA) is 32.3 Å². The third-order valence-corrected chi connectivity index (χ3v) is 5.41. The fraction of sp³-hybridized carbons (Fsp3) is 0.261. The number of hydrogen-bond donors (Lipinski definition) is 1. The number of carbonyl (C=O) groups excluding carboxylic acids is 1. The summed E-state index contributed by atoms with van der Waals surface area (Å²) in [6.07, 6.45) is 0.492. The van der Waals surface area contributed by atoms with Crippen LogP contribution in [0, 0.1) is 0 Å². The molecule has 0 bridgehead atoms. The Morgan fingerprint density at radius 2 is 1.69 bits per heavy atom. The van der Waals surface area contributed by atoms with Crippen LogP contribution in [0.2, 0.25) is 0 Å². The first kappa shape index (κ1) is 16.6. The molecule has 1 aliphatic heterocycles. The van der Waals surface area contributed by atoms with Crippen LogP contribution >= 0.6 is 0 Å². The quantitative estimate of drug-likeness (QED) is 0.709. The van der Waals surface area contributed by atoms with Crippen molar-refractivity contribution in [2.75, 3.05) is 23.3 Å². The first-order chi connectivity index (χ1) is 12.7. The summed E-state index contributed by atoms with van der Waals surface area (Å²) >= 11 is 0. The molecule has 0 aromatic heterocycles. The SMILES string of the molecule is CCN(CC)c1ccc(C2CC(=O)Nc3ccc4ccccc4c32)cc1. The van der Waals surface area contributed by atoms with Gasteiger partial charge in [0.1, 0.15) is 0 Å². The van der Waals surface area contributed by atoms with Gasteiger partial charge in [0, 0.05) is 36.8 Å². The van der Waals surface area contributed by atoms with E-state index in [1.54, 1.807) is 0 Å². The highest BCUT2D eigenvalue weighted by atomic mass is 16.1. The van der Waals surface area contributed by atoms with Crippen LogP contribution in [0.1, 0.15) is 37.3 Å². The number of carbonyl (C=O) groups is 1. The molecule has 3 nitrogen and oxygen atoms in total. The normalized spacial score (nSPS) is 16.2. The molecular formula is C23H24N2O. The maximum Gasteiger partial charge on any atom is 0.225 e. The highest BCUT2D eigenvalue weighted by molar-refractivity contribution is 6.01. The fourth-order valence-electron chi connectivity index (χ4n) is 4.06. The van der Waals surface area contributed by atoms with Gasteiger partial charge in [0.2, 0.25) is 5.91 Å². The molecule has 0 spiro atoms. The largest absolute Gasteiger partial charge is 0.372 e. The predicted molar refractivity (Wildman–Crippen MR) is 109 cm³/mol. The number of benzene rings is 3. The van der Waals surface area contributed by atoms with Gasteiger partial charge >= 0.3 is 0 Å². The van der Waals surface area contributed by atoms with Crippen LogP contribution in [-0.4, -0.2) is 19.0 Å². The van der Waals surface area contributed by atoms with E-state index in [0.29, 0.717) is 6.42 Å². The Balaban J connectivity index is 1.81. The molecular weight excluding hydrogens is 320 g/mol. The number of nitrogens with zero attached hydrogens (tertiary/aromatic N) is 1. The van der Waals surface area contributed by atoms with Gasteiger partial charge in [-0.25, -0.2) is 0 Å². The van der Waals surface area contributed by atoms with Crippen molar-refractivity contribution in [2.24, 2.45) is 0 Å². The zero-order valence-electron chi connectivity index (χ0n) is 15.3. The molecule has 132 valence electrons. The molecule has 0 saturated heterocycles. The molecule has 1 unspecified atom stereocenters. The predicted octanol–water partition coefficient (Wildman–Crippen LogP) is 5.16. The lowest BCUT2D eigenvalue weighted by molar-refractivity contribution is -0.116. The summed E-state index contributed by atoms with van der Waals surface area (Å²) in [5, 5.41) is 5.49. The summed E-state index contributed by atoms with van der Waals surface area (Å²) in [6, 6.07) is 21.3. The minimum atomic E-state index is 0.0885. The Labute approximate surface area is 154 Å². The number of nitrogens with one attached hydrogen (secondary N) is 1. The van der Waals surface area contributed by atoms with E-state index in [0.717, 1.165) is 18.8 Å². The van der Waals surface area contributed by atoms with Crippen LogP contribution < -0.4 is 10.2 Å². The van der Waals surface area contributed by atoms with Gasteiger partial charge < -0.3 is 10.2 Å². The molecule has 0 radical (unpaired) electrons. The van der Waals surface area contributed by atoms with Crippen molar-refractivity contribution in [3.8, 4) is 0 Å². The molecule has 3 aromatic carbocycles. The lowest BCUT2D eigenvalue weighted by Gasteiger charge is -2.28. The molecule has 0 fully saturated rings. The van der Waals surface area contributed by atoms with E-state index >= 15 is 0 Å². The van der Waals surface area contributed by atoms with Gasteiger partial charge in [0.15, 0.2) is 0 Å². The number of hydrogen-bond acceptors (Lipinski definition) is 2. The second-order valence-electron chi connectivity index (χ2n) is 6.82. The van der Waals surface area contributed by atoms with Gasteiger partial charge in [0.05, 0.1) is 0 Å². The summed E-state index contributed by atoms with van der Waals surface area (Å²) in [7, 11) is 0. The van der Waals surface area contributed by atoms with E-state index in [-0.39, 0.29) is 11.8 Å². The van der Waals surface area contributed by atoms with E-state index < -0.39 is 0 Å². The van der Waals surface area contributed by atoms with Crippen LogP contribution in [0.5, 0.6) is 0 Å². The van der Waals surface area contributed by atoms with Crippen molar-refractivity contribution < 1.29 is 4.79 Å². The maximum absolute atomic E-state index is 12.3. The molecule has 1 amide bonds. The standard InChI is InChI=1S/C23H24N2O/c1-3-25(4-2)18-12-9-17(10-13-18)20-15-22(26)24-21-14-11-16-7-5-6-8-19(16)23(20)21/h5-14,20H,3-4,15H2,1-2H3,(H,24,26). The van der Waals surface area contributed by atoms with Gasteiger partial charge in [0.25, 0.3) is 0 Å². The lowest BCUT2D eigenvalue weighted by Crippen LogP contribution is -2.24. The van der Waals surface area contributed by atoms with Crippen molar-refractivity contribution in [1.29, 1.82) is 0 Å². The summed E-state index contributed by atoms with van der Waals surface area (Å²) < 4.78 is 0. The molecule has 4 rings (SSSR count). The molecule has 0 saturated carbocycles. The van der Waals surface area contributed by atoms with Crippen molar-refractivity contribution in [1.82, 2.24) is 0 Å². The monoisotopic (exact) mass is 344 g/mol. The zero-order chi connectivity index (χ0) is 18.1. The number of amides is 1. The van der Waals surface area contributed by atoms with Crippen molar-refractivity contribution >= 4 is 28.1 Å². The Morgan fingerprint density at radius 1 is 0.962 bits per heavy atom. The van der Waals surface area contributed by atoms with Crippen LogP contribution in [-0.2, 0) is 4.79 Å². The zero-order valence-corrected chi connectivity index (χ0v) is 15.3. The summed E-state index contributed by atoms with van der Waals surface area (Å²) in [5.74, 6) is 0.182. The smallest absolute Gasteiger partial charge is 0.225 e. The van der Waals surface area contributed by atoms with Gasteiger partial charge in [-0.3, -0.25) is 4.79 Å². The van der Waals surface area contributed by atoms with E-state index in [1.165, 1.54) is 27.6 Å². The molecule has 3 aromatic rings. The molecule has 3 heteroatoms. The highest BCUT2D eigenvalue weighted by Crippen LogP contribution is 2.41.